The molecule has 1 atom stereocenters. The quantitative estimate of drug-likeness (QED) is 0.733. The van der Waals surface area contributed by atoms with Crippen LogP contribution in [0.3, 0.4) is 0 Å². The fourth-order valence-corrected chi connectivity index (χ4v) is 3.31. The first-order chi connectivity index (χ1) is 7.62. The summed E-state index contributed by atoms with van der Waals surface area (Å²) in [5.41, 5.74) is 5.92. The van der Waals surface area contributed by atoms with Crippen molar-refractivity contribution in [3.8, 4) is 0 Å². The zero-order valence-corrected chi connectivity index (χ0v) is 11.0. The molecule has 1 saturated carbocycles. The number of aliphatic hydroxyl groups is 1. The summed E-state index contributed by atoms with van der Waals surface area (Å²) >= 11 is 0. The second-order valence-electron chi connectivity index (χ2n) is 6.17. The average molecular weight is 227 g/mol. The van der Waals surface area contributed by atoms with E-state index in [0.29, 0.717) is 12.5 Å². The van der Waals surface area contributed by atoms with E-state index in [-0.39, 0.29) is 12.0 Å². The van der Waals surface area contributed by atoms with Gasteiger partial charge in [0.1, 0.15) is 0 Å². The third-order valence-corrected chi connectivity index (χ3v) is 4.06. The normalized spacial score (nSPS) is 22.3. The molecule has 3 N–H and O–H groups in total. The average Bonchev–Trinajstić information content (AvgIpc) is 2.29. The minimum atomic E-state index is -0.00380. The molecule has 0 radical (unpaired) electrons. The number of hydrogen-bond donors (Lipinski definition) is 2. The number of nitrogens with two attached hydrogens (primary N) is 1. The van der Waals surface area contributed by atoms with Gasteiger partial charge in [0.15, 0.2) is 0 Å². The van der Waals surface area contributed by atoms with E-state index >= 15 is 0 Å². The highest BCUT2D eigenvalue weighted by molar-refractivity contribution is 4.84. The molecule has 2 nitrogen and oxygen atoms in total. The van der Waals surface area contributed by atoms with Crippen LogP contribution in [0, 0.1) is 17.3 Å². The summed E-state index contributed by atoms with van der Waals surface area (Å²) in [6, 6.07) is 0. The first kappa shape index (κ1) is 14.0. The maximum atomic E-state index is 9.68. The second-order valence-corrected chi connectivity index (χ2v) is 6.17. The summed E-state index contributed by atoms with van der Waals surface area (Å²) in [6.45, 7) is 5.35. The number of aliphatic hydroxyl groups excluding tert-OH is 1. The molecule has 1 rings (SSSR count). The molecule has 16 heavy (non-hydrogen) atoms. The minimum absolute atomic E-state index is 0.00380. The lowest BCUT2D eigenvalue weighted by Gasteiger charge is -2.37. The molecule has 1 aliphatic rings. The topological polar surface area (TPSA) is 46.2 Å². The lowest BCUT2D eigenvalue weighted by atomic mass is 9.71. The van der Waals surface area contributed by atoms with E-state index < -0.39 is 0 Å². The van der Waals surface area contributed by atoms with Crippen molar-refractivity contribution in [2.75, 3.05) is 13.2 Å². The Morgan fingerprint density at radius 1 is 1.25 bits per heavy atom. The summed E-state index contributed by atoms with van der Waals surface area (Å²) in [7, 11) is 0. The molecule has 0 heterocycles. The Balaban J connectivity index is 2.53. The minimum Gasteiger partial charge on any atom is -0.396 e. The zero-order chi connectivity index (χ0) is 12.0. The van der Waals surface area contributed by atoms with Crippen molar-refractivity contribution < 1.29 is 5.11 Å². The molecule has 0 aromatic rings. The van der Waals surface area contributed by atoms with Crippen molar-refractivity contribution in [1.29, 1.82) is 0 Å². The molecule has 0 aliphatic heterocycles. The monoisotopic (exact) mass is 227 g/mol. The van der Waals surface area contributed by atoms with E-state index in [4.69, 9.17) is 5.73 Å². The Hall–Kier alpha value is -0.0800. The zero-order valence-electron chi connectivity index (χ0n) is 11.0. The van der Waals surface area contributed by atoms with E-state index in [1.54, 1.807) is 0 Å². The maximum absolute atomic E-state index is 9.68. The van der Waals surface area contributed by atoms with Gasteiger partial charge in [0.05, 0.1) is 0 Å². The molecule has 96 valence electrons. The van der Waals surface area contributed by atoms with Crippen LogP contribution in [0.4, 0.5) is 0 Å². The summed E-state index contributed by atoms with van der Waals surface area (Å²) in [5, 5.41) is 9.68. The molecule has 1 fully saturated rings. The van der Waals surface area contributed by atoms with Crippen molar-refractivity contribution in [3.05, 3.63) is 0 Å². The van der Waals surface area contributed by atoms with Crippen molar-refractivity contribution in [2.45, 2.75) is 58.8 Å². The van der Waals surface area contributed by atoms with Gasteiger partial charge >= 0.3 is 0 Å². The number of hydrogen-bond acceptors (Lipinski definition) is 2. The van der Waals surface area contributed by atoms with Crippen molar-refractivity contribution in [2.24, 2.45) is 23.0 Å². The predicted molar refractivity (Wildman–Crippen MR) is 69.2 cm³/mol. The van der Waals surface area contributed by atoms with Crippen molar-refractivity contribution >= 4 is 0 Å². The van der Waals surface area contributed by atoms with Gasteiger partial charge in [-0.25, -0.2) is 0 Å². The highest BCUT2D eigenvalue weighted by Crippen LogP contribution is 2.37. The Bertz CT molecular complexity index is 181. The van der Waals surface area contributed by atoms with Crippen LogP contribution in [-0.4, -0.2) is 18.3 Å². The Morgan fingerprint density at radius 3 is 2.31 bits per heavy atom. The van der Waals surface area contributed by atoms with E-state index in [0.717, 1.165) is 18.8 Å². The first-order valence-electron chi connectivity index (χ1n) is 6.93. The lowest BCUT2D eigenvalue weighted by Crippen LogP contribution is -2.38. The standard InChI is InChI=1S/C14H29NO/c1-12(2)8-14(10-15,11-16)9-13-6-4-3-5-7-13/h12-13,16H,3-11,15H2,1-2H3. The molecule has 0 bridgehead atoms. The largest absolute Gasteiger partial charge is 0.396 e. The molecule has 0 aromatic heterocycles. The first-order valence-corrected chi connectivity index (χ1v) is 6.93. The molecule has 2 heteroatoms. The Kier molecular flexibility index (Phi) is 5.77. The van der Waals surface area contributed by atoms with Gasteiger partial charge in [-0.2, -0.15) is 0 Å². The van der Waals surface area contributed by atoms with Crippen LogP contribution in [0.5, 0.6) is 0 Å². The van der Waals surface area contributed by atoms with Crippen molar-refractivity contribution in [3.63, 3.8) is 0 Å². The molecule has 0 aromatic carbocycles. The fraction of sp³-hybridized carbons (Fsp3) is 1.00. The Morgan fingerprint density at radius 2 is 1.88 bits per heavy atom. The van der Waals surface area contributed by atoms with Gasteiger partial charge in [0.2, 0.25) is 0 Å². The van der Waals surface area contributed by atoms with Crippen molar-refractivity contribution in [1.82, 2.24) is 0 Å². The van der Waals surface area contributed by atoms with Gasteiger partial charge in [-0.3, -0.25) is 0 Å². The molecule has 1 unspecified atom stereocenters. The van der Waals surface area contributed by atoms with Crippen LogP contribution in [0.2, 0.25) is 0 Å². The fourth-order valence-electron chi connectivity index (χ4n) is 3.31. The summed E-state index contributed by atoms with van der Waals surface area (Å²) in [5.74, 6) is 1.43. The summed E-state index contributed by atoms with van der Waals surface area (Å²) in [4.78, 5) is 0. The van der Waals surface area contributed by atoms with Gasteiger partial charge < -0.3 is 10.8 Å². The van der Waals surface area contributed by atoms with Gasteiger partial charge in [-0.1, -0.05) is 46.0 Å². The smallest absolute Gasteiger partial charge is 0.0499 e. The highest BCUT2D eigenvalue weighted by Gasteiger charge is 2.32. The molecule has 1 aliphatic carbocycles. The molecule has 0 spiro atoms. The SMILES string of the molecule is CC(C)CC(CN)(CO)CC1CCCCC1. The number of rotatable bonds is 6. The molecule has 0 amide bonds. The van der Waals surface area contributed by atoms with Crippen LogP contribution < -0.4 is 5.73 Å². The molecular formula is C14H29NO. The van der Waals surface area contributed by atoms with Gasteiger partial charge in [-0.05, 0) is 24.7 Å². The summed E-state index contributed by atoms with van der Waals surface area (Å²) < 4.78 is 0. The Labute approximate surface area is 101 Å². The lowest BCUT2D eigenvalue weighted by molar-refractivity contribution is 0.0725. The van der Waals surface area contributed by atoms with E-state index in [2.05, 4.69) is 13.8 Å². The maximum Gasteiger partial charge on any atom is 0.0499 e. The van der Waals surface area contributed by atoms with E-state index in [1.165, 1.54) is 32.1 Å². The van der Waals surface area contributed by atoms with Gasteiger partial charge in [0, 0.05) is 18.6 Å². The van der Waals surface area contributed by atoms with Crippen LogP contribution in [0.25, 0.3) is 0 Å². The van der Waals surface area contributed by atoms with E-state index in [9.17, 15) is 5.11 Å². The van der Waals surface area contributed by atoms with Gasteiger partial charge in [-0.15, -0.1) is 0 Å². The molecule has 0 saturated heterocycles. The predicted octanol–water partition coefficient (Wildman–Crippen LogP) is 2.94. The van der Waals surface area contributed by atoms with Crippen LogP contribution >= 0.6 is 0 Å². The van der Waals surface area contributed by atoms with Crippen LogP contribution in [0.15, 0.2) is 0 Å². The highest BCUT2D eigenvalue weighted by atomic mass is 16.3. The van der Waals surface area contributed by atoms with E-state index in [1.807, 2.05) is 0 Å². The van der Waals surface area contributed by atoms with Gasteiger partial charge in [0.25, 0.3) is 0 Å². The summed E-state index contributed by atoms with van der Waals surface area (Å²) in [6.07, 6.45) is 9.04. The second kappa shape index (κ2) is 6.61. The third kappa shape index (κ3) is 4.06. The van der Waals surface area contributed by atoms with Crippen LogP contribution in [0.1, 0.15) is 58.8 Å². The molecular weight excluding hydrogens is 198 g/mol. The third-order valence-electron chi connectivity index (χ3n) is 4.06. The van der Waals surface area contributed by atoms with Crippen LogP contribution in [-0.2, 0) is 0 Å².